The Balaban J connectivity index is 2.35. The molecule has 0 radical (unpaired) electrons. The van der Waals surface area contributed by atoms with Gasteiger partial charge in [-0.15, -0.1) is 0 Å². The first-order valence-corrected chi connectivity index (χ1v) is 5.70. The van der Waals surface area contributed by atoms with Crippen molar-refractivity contribution in [2.45, 2.75) is 32.6 Å². The van der Waals surface area contributed by atoms with E-state index in [0.717, 1.165) is 43.1 Å². The number of hydrogen-bond acceptors (Lipinski definition) is 3. The Labute approximate surface area is 94.8 Å². The van der Waals surface area contributed by atoms with Crippen molar-refractivity contribution in [2.75, 3.05) is 13.2 Å². The lowest BCUT2D eigenvalue weighted by Crippen LogP contribution is -2.08. The van der Waals surface area contributed by atoms with Crippen molar-refractivity contribution >= 4 is 11.6 Å². The molecule has 0 bridgehead atoms. The monoisotopic (exact) mass is 226 g/mol. The number of aromatic nitrogens is 2. The van der Waals surface area contributed by atoms with Crippen LogP contribution >= 0.6 is 11.6 Å². The fraction of sp³-hybridized carbons (Fsp3) is 0.636. The Bertz CT molecular complexity index is 362. The fourth-order valence-electron chi connectivity index (χ4n) is 1.82. The second kappa shape index (κ2) is 4.45. The van der Waals surface area contributed by atoms with Crippen molar-refractivity contribution in [1.29, 1.82) is 0 Å². The van der Waals surface area contributed by atoms with Crippen LogP contribution in [0.15, 0.2) is 0 Å². The maximum Gasteiger partial charge on any atom is 0.135 e. The number of rotatable bonds is 2. The summed E-state index contributed by atoms with van der Waals surface area (Å²) >= 11 is 6.08. The Morgan fingerprint density at radius 1 is 1.47 bits per heavy atom. The summed E-state index contributed by atoms with van der Waals surface area (Å²) in [4.78, 5) is 8.90. The molecule has 0 spiro atoms. The zero-order chi connectivity index (χ0) is 10.8. The first kappa shape index (κ1) is 10.8. The summed E-state index contributed by atoms with van der Waals surface area (Å²) in [6.07, 6.45) is 1.90. The van der Waals surface area contributed by atoms with E-state index >= 15 is 0 Å². The average Bonchev–Trinajstić information content (AvgIpc) is 2.75. The molecule has 1 unspecified atom stereocenters. The molecule has 1 aromatic heterocycles. The van der Waals surface area contributed by atoms with Gasteiger partial charge in [0.05, 0.1) is 6.61 Å². The molecule has 0 amide bonds. The quantitative estimate of drug-likeness (QED) is 0.727. The SMILES string of the molecule is CCc1nc(C2CCOC2)nc(Cl)c1C. The number of aryl methyl sites for hydroxylation is 1. The molecule has 0 aliphatic carbocycles. The second-order valence-electron chi connectivity index (χ2n) is 3.86. The molecule has 0 N–H and O–H groups in total. The summed E-state index contributed by atoms with van der Waals surface area (Å²) < 4.78 is 5.33. The van der Waals surface area contributed by atoms with Gasteiger partial charge in [-0.1, -0.05) is 18.5 Å². The van der Waals surface area contributed by atoms with Crippen LogP contribution in [0.1, 0.15) is 36.3 Å². The molecule has 2 heterocycles. The summed E-state index contributed by atoms with van der Waals surface area (Å²) in [5.41, 5.74) is 2.05. The summed E-state index contributed by atoms with van der Waals surface area (Å²) in [6, 6.07) is 0. The number of halogens is 1. The normalized spacial score (nSPS) is 20.9. The van der Waals surface area contributed by atoms with Crippen molar-refractivity contribution in [2.24, 2.45) is 0 Å². The maximum absolute atomic E-state index is 6.08. The highest BCUT2D eigenvalue weighted by molar-refractivity contribution is 6.30. The number of hydrogen-bond donors (Lipinski definition) is 0. The molecule has 0 saturated carbocycles. The number of ether oxygens (including phenoxy) is 1. The van der Waals surface area contributed by atoms with Crippen molar-refractivity contribution < 1.29 is 4.74 Å². The molecule has 1 fully saturated rings. The first-order chi connectivity index (χ1) is 7.22. The van der Waals surface area contributed by atoms with Gasteiger partial charge >= 0.3 is 0 Å². The number of nitrogens with zero attached hydrogens (tertiary/aromatic N) is 2. The van der Waals surface area contributed by atoms with Crippen LogP contribution in [0.2, 0.25) is 5.15 Å². The van der Waals surface area contributed by atoms with E-state index in [9.17, 15) is 0 Å². The van der Waals surface area contributed by atoms with Crippen LogP contribution in [0.5, 0.6) is 0 Å². The minimum absolute atomic E-state index is 0.327. The maximum atomic E-state index is 6.08. The van der Waals surface area contributed by atoms with E-state index in [0.29, 0.717) is 11.1 Å². The van der Waals surface area contributed by atoms with E-state index in [1.807, 2.05) is 6.92 Å². The van der Waals surface area contributed by atoms with Gasteiger partial charge in [0.1, 0.15) is 11.0 Å². The van der Waals surface area contributed by atoms with Crippen molar-refractivity contribution in [3.63, 3.8) is 0 Å². The lowest BCUT2D eigenvalue weighted by Gasteiger charge is -2.10. The van der Waals surface area contributed by atoms with Crippen LogP contribution in [-0.2, 0) is 11.2 Å². The molecule has 1 atom stereocenters. The molecule has 2 rings (SSSR count). The first-order valence-electron chi connectivity index (χ1n) is 5.33. The van der Waals surface area contributed by atoms with Gasteiger partial charge in [0, 0.05) is 23.8 Å². The molecular weight excluding hydrogens is 212 g/mol. The van der Waals surface area contributed by atoms with Gasteiger partial charge in [-0.25, -0.2) is 9.97 Å². The Hall–Kier alpha value is -0.670. The van der Waals surface area contributed by atoms with Crippen LogP contribution in [0, 0.1) is 6.92 Å². The van der Waals surface area contributed by atoms with Crippen LogP contribution in [0.3, 0.4) is 0 Å². The van der Waals surface area contributed by atoms with Crippen LogP contribution < -0.4 is 0 Å². The van der Waals surface area contributed by atoms with E-state index in [2.05, 4.69) is 16.9 Å². The van der Waals surface area contributed by atoms with Gasteiger partial charge in [0.15, 0.2) is 0 Å². The third-order valence-electron chi connectivity index (χ3n) is 2.83. The highest BCUT2D eigenvalue weighted by Crippen LogP contribution is 2.25. The second-order valence-corrected chi connectivity index (χ2v) is 4.22. The van der Waals surface area contributed by atoms with Gasteiger partial charge in [0.25, 0.3) is 0 Å². The zero-order valence-electron chi connectivity index (χ0n) is 9.09. The van der Waals surface area contributed by atoms with E-state index in [1.165, 1.54) is 0 Å². The summed E-state index contributed by atoms with van der Waals surface area (Å²) in [6.45, 7) is 5.58. The van der Waals surface area contributed by atoms with E-state index in [1.54, 1.807) is 0 Å². The molecule has 3 nitrogen and oxygen atoms in total. The van der Waals surface area contributed by atoms with Crippen molar-refractivity contribution in [3.8, 4) is 0 Å². The van der Waals surface area contributed by atoms with E-state index < -0.39 is 0 Å². The van der Waals surface area contributed by atoms with Gasteiger partial charge in [-0.3, -0.25) is 0 Å². The third-order valence-corrected chi connectivity index (χ3v) is 3.20. The van der Waals surface area contributed by atoms with Gasteiger partial charge in [-0.2, -0.15) is 0 Å². The molecule has 1 aliphatic rings. The van der Waals surface area contributed by atoms with Gasteiger partial charge in [-0.05, 0) is 19.8 Å². The predicted octanol–water partition coefficient (Wildman–Crippen LogP) is 2.50. The molecule has 0 aromatic carbocycles. The fourth-order valence-corrected chi connectivity index (χ4v) is 2.01. The molecular formula is C11H15ClN2O. The van der Waals surface area contributed by atoms with Gasteiger partial charge < -0.3 is 4.74 Å². The third kappa shape index (κ3) is 2.13. The molecule has 1 saturated heterocycles. The minimum atomic E-state index is 0.327. The van der Waals surface area contributed by atoms with E-state index in [-0.39, 0.29) is 0 Å². The topological polar surface area (TPSA) is 35.0 Å². The highest BCUT2D eigenvalue weighted by Gasteiger charge is 2.22. The lowest BCUT2D eigenvalue weighted by molar-refractivity contribution is 0.193. The molecule has 4 heteroatoms. The van der Waals surface area contributed by atoms with Crippen LogP contribution in [0.4, 0.5) is 0 Å². The van der Waals surface area contributed by atoms with Gasteiger partial charge in [0.2, 0.25) is 0 Å². The zero-order valence-corrected chi connectivity index (χ0v) is 9.84. The Morgan fingerprint density at radius 2 is 2.27 bits per heavy atom. The minimum Gasteiger partial charge on any atom is -0.381 e. The Morgan fingerprint density at radius 3 is 2.87 bits per heavy atom. The average molecular weight is 227 g/mol. The summed E-state index contributed by atoms with van der Waals surface area (Å²) in [5, 5.41) is 0.587. The van der Waals surface area contributed by atoms with Crippen LogP contribution in [-0.4, -0.2) is 23.2 Å². The summed E-state index contributed by atoms with van der Waals surface area (Å²) in [7, 11) is 0. The van der Waals surface area contributed by atoms with Crippen molar-refractivity contribution in [1.82, 2.24) is 9.97 Å². The van der Waals surface area contributed by atoms with Crippen LogP contribution in [0.25, 0.3) is 0 Å². The largest absolute Gasteiger partial charge is 0.381 e. The Kier molecular flexibility index (Phi) is 3.22. The molecule has 1 aliphatic heterocycles. The smallest absolute Gasteiger partial charge is 0.135 e. The molecule has 1 aromatic rings. The molecule has 82 valence electrons. The molecule has 15 heavy (non-hydrogen) atoms. The predicted molar refractivity (Wildman–Crippen MR) is 59.3 cm³/mol. The lowest BCUT2D eigenvalue weighted by atomic mass is 10.1. The van der Waals surface area contributed by atoms with Crippen molar-refractivity contribution in [3.05, 3.63) is 22.2 Å². The summed E-state index contributed by atoms with van der Waals surface area (Å²) in [5.74, 6) is 1.17. The standard InChI is InChI=1S/C11H15ClN2O/c1-3-9-7(2)10(12)14-11(13-9)8-4-5-15-6-8/h8H,3-6H2,1-2H3. The van der Waals surface area contributed by atoms with E-state index in [4.69, 9.17) is 16.3 Å². The highest BCUT2D eigenvalue weighted by atomic mass is 35.5.